The van der Waals surface area contributed by atoms with E-state index in [1.165, 1.54) is 11.1 Å². The fourth-order valence-electron chi connectivity index (χ4n) is 3.56. The zero-order chi connectivity index (χ0) is 23.6. The summed E-state index contributed by atoms with van der Waals surface area (Å²) in [7, 11) is -4.45. The Kier molecular flexibility index (Phi) is 10.8. The van der Waals surface area contributed by atoms with Crippen molar-refractivity contribution in [3.63, 3.8) is 0 Å². The quantitative estimate of drug-likeness (QED) is 0.268. The second-order valence-corrected chi connectivity index (χ2v) is 17.4. The summed E-state index contributed by atoms with van der Waals surface area (Å²) in [4.78, 5) is 2.37. The summed E-state index contributed by atoms with van der Waals surface area (Å²) >= 11 is 0. The largest absolute Gasteiger partial charge is 0.330 e. The molecule has 1 unspecified atom stereocenters. The van der Waals surface area contributed by atoms with Gasteiger partial charge in [0.05, 0.1) is 12.7 Å². The Hall–Kier alpha value is -1.27. The highest BCUT2D eigenvalue weighted by molar-refractivity contribution is 7.53. The van der Waals surface area contributed by atoms with E-state index in [-0.39, 0.29) is 12.1 Å². The van der Waals surface area contributed by atoms with Crippen molar-refractivity contribution in [3.05, 3.63) is 71.8 Å². The molecule has 0 radical (unpaired) electrons. The summed E-state index contributed by atoms with van der Waals surface area (Å²) < 4.78 is 25.0. The Morgan fingerprint density at radius 3 is 1.91 bits per heavy atom. The van der Waals surface area contributed by atoms with E-state index in [0.29, 0.717) is 19.6 Å². The van der Waals surface area contributed by atoms with Crippen molar-refractivity contribution in [2.75, 3.05) is 19.8 Å². The maximum Gasteiger partial charge on any atom is 0.327 e. The molecule has 3 atom stereocenters. The van der Waals surface area contributed by atoms with Gasteiger partial charge in [-0.05, 0) is 37.1 Å². The first-order chi connectivity index (χ1) is 15.1. The zero-order valence-electron chi connectivity index (χ0n) is 20.4. The highest BCUT2D eigenvalue weighted by Crippen LogP contribution is 2.47. The highest BCUT2D eigenvalue weighted by Gasteiger charge is 2.31. The Morgan fingerprint density at radius 2 is 1.47 bits per heavy atom. The molecule has 2 rings (SSSR count). The molecule has 0 amide bonds. The normalized spacial score (nSPS) is 16.0. The first kappa shape index (κ1) is 27.0. The van der Waals surface area contributed by atoms with Crippen molar-refractivity contribution in [1.29, 1.82) is 0 Å². The molecule has 0 aliphatic carbocycles. The van der Waals surface area contributed by atoms with E-state index in [1.807, 2.05) is 12.1 Å². The van der Waals surface area contributed by atoms with Crippen molar-refractivity contribution in [1.82, 2.24) is 4.90 Å². The fourth-order valence-corrected chi connectivity index (χ4v) is 5.70. The summed E-state index contributed by atoms with van der Waals surface area (Å²) in [6.07, 6.45) is 0.339. The van der Waals surface area contributed by atoms with Crippen LogP contribution in [0.5, 0.6) is 0 Å². The van der Waals surface area contributed by atoms with Crippen LogP contribution < -0.4 is 5.73 Å². The summed E-state index contributed by atoms with van der Waals surface area (Å²) in [6, 6.07) is 21.8. The summed E-state index contributed by atoms with van der Waals surface area (Å²) in [5, 5.41) is 0. The second kappa shape index (κ2) is 12.8. The van der Waals surface area contributed by atoms with Crippen LogP contribution in [0.15, 0.2) is 60.7 Å². The standard InChI is InChI=1S/C25H41N2O3PSi/c1-22(25(16-17-26)30-31(2,28)29-18-19-32(3,4)5)27(20-23-12-8-6-9-13-23)21-24-14-10-7-11-15-24/h6-15,22,25H,16-21,26H2,1-5H3/t22-,25+,31?/m0/s1. The van der Waals surface area contributed by atoms with Crippen LogP contribution in [-0.4, -0.2) is 44.9 Å². The third-order valence-corrected chi connectivity index (χ3v) is 8.54. The number of hydrogen-bond donors (Lipinski definition) is 1. The molecule has 0 heterocycles. The van der Waals surface area contributed by atoms with Crippen LogP contribution in [-0.2, 0) is 26.7 Å². The molecule has 0 saturated heterocycles. The van der Waals surface area contributed by atoms with Gasteiger partial charge in [-0.3, -0.25) is 9.46 Å². The van der Waals surface area contributed by atoms with Gasteiger partial charge >= 0.3 is 7.60 Å². The molecule has 2 aromatic rings. The van der Waals surface area contributed by atoms with Crippen LogP contribution in [0.25, 0.3) is 0 Å². The number of benzene rings is 2. The Labute approximate surface area is 195 Å². The molecule has 0 aromatic heterocycles. The molecule has 2 aromatic carbocycles. The SMILES string of the molecule is C[C@@H]([C@@H](CCN)OP(C)(=O)OCC[Si](C)(C)C)N(Cc1ccccc1)Cc1ccccc1. The predicted molar refractivity (Wildman–Crippen MR) is 138 cm³/mol. The minimum absolute atomic E-state index is 0.00725. The minimum atomic E-state index is -3.18. The lowest BCUT2D eigenvalue weighted by Crippen LogP contribution is -2.42. The molecule has 0 saturated carbocycles. The molecule has 0 aliphatic heterocycles. The molecule has 7 heteroatoms. The van der Waals surface area contributed by atoms with E-state index in [1.54, 1.807) is 6.66 Å². The zero-order valence-corrected chi connectivity index (χ0v) is 22.3. The lowest BCUT2D eigenvalue weighted by molar-refractivity contribution is 0.0498. The second-order valence-electron chi connectivity index (χ2n) is 9.75. The Balaban J connectivity index is 2.16. The van der Waals surface area contributed by atoms with Gasteiger partial charge in [-0.2, -0.15) is 0 Å². The van der Waals surface area contributed by atoms with Crippen LogP contribution in [0.2, 0.25) is 25.7 Å². The Morgan fingerprint density at radius 1 is 0.969 bits per heavy atom. The number of rotatable bonds is 14. The van der Waals surface area contributed by atoms with Gasteiger partial charge in [0.2, 0.25) is 0 Å². The molecule has 0 bridgehead atoms. The lowest BCUT2D eigenvalue weighted by atomic mass is 10.1. The van der Waals surface area contributed by atoms with Gasteiger partial charge in [0.1, 0.15) is 0 Å². The van der Waals surface area contributed by atoms with Gasteiger partial charge < -0.3 is 14.8 Å². The van der Waals surface area contributed by atoms with Crippen molar-refractivity contribution in [3.8, 4) is 0 Å². The predicted octanol–water partition coefficient (Wildman–Crippen LogP) is 5.99. The third kappa shape index (κ3) is 10.1. The van der Waals surface area contributed by atoms with Gasteiger partial charge in [-0.1, -0.05) is 80.3 Å². The van der Waals surface area contributed by atoms with Crippen molar-refractivity contribution in [2.45, 2.75) is 64.3 Å². The van der Waals surface area contributed by atoms with E-state index in [0.717, 1.165) is 19.1 Å². The smallest absolute Gasteiger partial charge is 0.327 e. The maximum absolute atomic E-state index is 13.1. The van der Waals surface area contributed by atoms with E-state index in [2.05, 4.69) is 80.0 Å². The number of hydrogen-bond acceptors (Lipinski definition) is 5. The topological polar surface area (TPSA) is 64.8 Å². The van der Waals surface area contributed by atoms with Crippen LogP contribution >= 0.6 is 7.60 Å². The molecule has 5 nitrogen and oxygen atoms in total. The van der Waals surface area contributed by atoms with Crippen molar-refractivity contribution >= 4 is 15.7 Å². The monoisotopic (exact) mass is 476 g/mol. The van der Waals surface area contributed by atoms with E-state index >= 15 is 0 Å². The molecule has 32 heavy (non-hydrogen) atoms. The van der Waals surface area contributed by atoms with E-state index in [4.69, 9.17) is 14.8 Å². The van der Waals surface area contributed by atoms with E-state index in [9.17, 15) is 4.57 Å². The number of nitrogens with zero attached hydrogens (tertiary/aromatic N) is 1. The average Bonchev–Trinajstić information content (AvgIpc) is 2.73. The van der Waals surface area contributed by atoms with Gasteiger partial charge in [-0.15, -0.1) is 0 Å². The lowest BCUT2D eigenvalue weighted by Gasteiger charge is -2.36. The highest BCUT2D eigenvalue weighted by atomic mass is 31.2. The maximum atomic E-state index is 13.1. The molecule has 2 N–H and O–H groups in total. The summed E-state index contributed by atoms with van der Waals surface area (Å²) in [5.74, 6) is 0. The molecule has 0 spiro atoms. The molecule has 178 valence electrons. The van der Waals surface area contributed by atoms with Gasteiger partial charge in [-0.25, -0.2) is 0 Å². The number of nitrogens with two attached hydrogens (primary N) is 1. The van der Waals surface area contributed by atoms with Crippen LogP contribution in [0.1, 0.15) is 24.5 Å². The summed E-state index contributed by atoms with van der Waals surface area (Å²) in [6.45, 7) is 13.0. The molecular formula is C25H41N2O3PSi. The Bertz CT molecular complexity index is 789. The molecular weight excluding hydrogens is 435 g/mol. The van der Waals surface area contributed by atoms with Crippen LogP contribution in [0.4, 0.5) is 0 Å². The van der Waals surface area contributed by atoms with Gasteiger partial charge in [0.15, 0.2) is 0 Å². The first-order valence-corrected chi connectivity index (χ1v) is 17.2. The fraction of sp³-hybridized carbons (Fsp3) is 0.520. The molecule has 0 fully saturated rings. The van der Waals surface area contributed by atoms with Crippen molar-refractivity contribution < 1.29 is 13.6 Å². The minimum Gasteiger partial charge on any atom is -0.330 e. The van der Waals surface area contributed by atoms with Crippen LogP contribution in [0.3, 0.4) is 0 Å². The first-order valence-electron chi connectivity index (χ1n) is 11.5. The van der Waals surface area contributed by atoms with E-state index < -0.39 is 15.7 Å². The molecule has 0 aliphatic rings. The third-order valence-electron chi connectivity index (χ3n) is 5.53. The summed E-state index contributed by atoms with van der Waals surface area (Å²) in [5.41, 5.74) is 8.38. The van der Waals surface area contributed by atoms with Crippen LogP contribution in [0, 0.1) is 0 Å². The van der Waals surface area contributed by atoms with Gasteiger partial charge in [0.25, 0.3) is 0 Å². The van der Waals surface area contributed by atoms with Crippen molar-refractivity contribution in [2.24, 2.45) is 5.73 Å². The van der Waals surface area contributed by atoms with Gasteiger partial charge in [0, 0.05) is 33.9 Å². The average molecular weight is 477 g/mol.